The van der Waals surface area contributed by atoms with Crippen LogP contribution in [0.5, 0.6) is 0 Å². The number of hydrogen-bond donors (Lipinski definition) is 0. The molecule has 2 heteroatoms. The lowest BCUT2D eigenvalue weighted by Crippen LogP contribution is -1.97. The van der Waals surface area contributed by atoms with Crippen LogP contribution in [0.25, 0.3) is 6.08 Å². The van der Waals surface area contributed by atoms with Crippen molar-refractivity contribution in [2.45, 2.75) is 19.8 Å². The summed E-state index contributed by atoms with van der Waals surface area (Å²) in [6.07, 6.45) is 7.50. The molecule has 0 atom stereocenters. The summed E-state index contributed by atoms with van der Waals surface area (Å²) >= 11 is 0. The van der Waals surface area contributed by atoms with E-state index in [0.29, 0.717) is 0 Å². The molecule has 1 aliphatic rings. The number of esters is 1. The first-order valence-corrected chi connectivity index (χ1v) is 5.38. The van der Waals surface area contributed by atoms with Crippen LogP contribution >= 0.6 is 0 Å². The number of fused-ring (bicyclic) bond motifs is 1. The van der Waals surface area contributed by atoms with E-state index in [2.05, 4.69) is 24.3 Å². The summed E-state index contributed by atoms with van der Waals surface area (Å²) in [5, 5.41) is 0. The highest BCUT2D eigenvalue weighted by Gasteiger charge is 2.07. The number of rotatable bonds is 2. The van der Waals surface area contributed by atoms with Crippen molar-refractivity contribution >= 4 is 12.0 Å². The van der Waals surface area contributed by atoms with Gasteiger partial charge in [-0.2, -0.15) is 0 Å². The third-order valence-electron chi connectivity index (χ3n) is 2.60. The molecule has 2 rings (SSSR count). The Bertz CT molecular complexity index is 456. The van der Waals surface area contributed by atoms with E-state index >= 15 is 0 Å². The quantitative estimate of drug-likeness (QED) is 0.558. The van der Waals surface area contributed by atoms with Crippen molar-refractivity contribution in [2.24, 2.45) is 0 Å². The third kappa shape index (κ3) is 2.60. The Morgan fingerprint density at radius 2 is 2.12 bits per heavy atom. The molecule has 0 spiro atoms. The molecular weight excluding hydrogens is 200 g/mol. The molecule has 0 saturated heterocycles. The molecule has 1 aromatic carbocycles. The van der Waals surface area contributed by atoms with E-state index in [1.807, 2.05) is 12.1 Å². The second-order valence-electron chi connectivity index (χ2n) is 3.83. The summed E-state index contributed by atoms with van der Waals surface area (Å²) < 4.78 is 4.77. The maximum atomic E-state index is 10.6. The Morgan fingerprint density at radius 1 is 1.31 bits per heavy atom. The molecule has 0 fully saturated rings. The number of ether oxygens (including phenoxy) is 1. The molecule has 0 saturated carbocycles. The standard InChI is InChI=1S/C14H14O2/c1-11(15)16-9-8-12-6-7-13-4-2-3-5-14(13)10-12/h2-5,8-10H,6-7H2,1H3/b9-8+. The van der Waals surface area contributed by atoms with Gasteiger partial charge in [-0.05, 0) is 35.6 Å². The van der Waals surface area contributed by atoms with Gasteiger partial charge in [0.25, 0.3) is 0 Å². The monoisotopic (exact) mass is 214 g/mol. The lowest BCUT2D eigenvalue weighted by Gasteiger charge is -2.13. The SMILES string of the molecule is CC(=O)O/C=C/C1=Cc2ccccc2CC1. The van der Waals surface area contributed by atoms with Crippen LogP contribution in [0.3, 0.4) is 0 Å². The van der Waals surface area contributed by atoms with E-state index in [1.54, 1.807) is 0 Å². The van der Waals surface area contributed by atoms with Crippen molar-refractivity contribution in [3.63, 3.8) is 0 Å². The van der Waals surface area contributed by atoms with Gasteiger partial charge in [-0.1, -0.05) is 30.3 Å². The molecule has 0 amide bonds. The first-order chi connectivity index (χ1) is 7.75. The second-order valence-corrected chi connectivity index (χ2v) is 3.83. The minimum atomic E-state index is -0.284. The van der Waals surface area contributed by atoms with Crippen LogP contribution in [-0.4, -0.2) is 5.97 Å². The lowest BCUT2D eigenvalue weighted by molar-refractivity contribution is -0.135. The molecule has 0 aliphatic heterocycles. The largest absolute Gasteiger partial charge is 0.435 e. The number of benzene rings is 1. The summed E-state index contributed by atoms with van der Waals surface area (Å²) in [5.41, 5.74) is 3.84. The molecule has 2 nitrogen and oxygen atoms in total. The molecule has 82 valence electrons. The first kappa shape index (κ1) is 10.7. The van der Waals surface area contributed by atoms with Gasteiger partial charge in [0.1, 0.15) is 0 Å². The second kappa shape index (κ2) is 4.79. The van der Waals surface area contributed by atoms with Crippen LogP contribution in [-0.2, 0) is 16.0 Å². The molecule has 0 aromatic heterocycles. The van der Waals surface area contributed by atoms with Crippen molar-refractivity contribution in [1.82, 2.24) is 0 Å². The summed E-state index contributed by atoms with van der Waals surface area (Å²) in [5.74, 6) is -0.284. The van der Waals surface area contributed by atoms with E-state index in [4.69, 9.17) is 4.74 Å². The van der Waals surface area contributed by atoms with Gasteiger partial charge in [0.15, 0.2) is 0 Å². The van der Waals surface area contributed by atoms with Gasteiger partial charge in [0.2, 0.25) is 0 Å². The summed E-state index contributed by atoms with van der Waals surface area (Å²) in [6.45, 7) is 1.40. The van der Waals surface area contributed by atoms with Gasteiger partial charge < -0.3 is 4.74 Å². The van der Waals surface area contributed by atoms with Gasteiger partial charge >= 0.3 is 5.97 Å². The van der Waals surface area contributed by atoms with Gasteiger partial charge in [-0.15, -0.1) is 0 Å². The Labute approximate surface area is 95.2 Å². The van der Waals surface area contributed by atoms with Crippen LogP contribution in [0.2, 0.25) is 0 Å². The normalized spacial score (nSPS) is 14.4. The average molecular weight is 214 g/mol. The van der Waals surface area contributed by atoms with Crippen molar-refractivity contribution < 1.29 is 9.53 Å². The van der Waals surface area contributed by atoms with Gasteiger partial charge in [-0.25, -0.2) is 0 Å². The topological polar surface area (TPSA) is 26.3 Å². The predicted molar refractivity (Wildman–Crippen MR) is 63.6 cm³/mol. The predicted octanol–water partition coefficient (Wildman–Crippen LogP) is 3.09. The Morgan fingerprint density at radius 3 is 2.94 bits per heavy atom. The van der Waals surface area contributed by atoms with Crippen LogP contribution < -0.4 is 0 Å². The van der Waals surface area contributed by atoms with E-state index in [1.165, 1.54) is 29.9 Å². The van der Waals surface area contributed by atoms with Crippen molar-refractivity contribution in [3.05, 3.63) is 53.3 Å². The molecule has 0 heterocycles. The van der Waals surface area contributed by atoms with Gasteiger partial charge in [-0.3, -0.25) is 4.79 Å². The zero-order valence-electron chi connectivity index (χ0n) is 9.27. The Hall–Kier alpha value is -1.83. The van der Waals surface area contributed by atoms with Crippen molar-refractivity contribution in [1.29, 1.82) is 0 Å². The maximum absolute atomic E-state index is 10.6. The number of carbonyl (C=O) groups excluding carboxylic acids is 1. The number of allylic oxidation sites excluding steroid dienone is 2. The van der Waals surface area contributed by atoms with E-state index < -0.39 is 0 Å². The minimum Gasteiger partial charge on any atom is -0.435 e. The van der Waals surface area contributed by atoms with Gasteiger partial charge in [0.05, 0.1) is 6.26 Å². The maximum Gasteiger partial charge on any atom is 0.307 e. The molecule has 1 aromatic rings. The minimum absolute atomic E-state index is 0.284. The molecular formula is C14H14O2. The Balaban J connectivity index is 2.12. The van der Waals surface area contributed by atoms with Crippen LogP contribution in [0, 0.1) is 0 Å². The lowest BCUT2D eigenvalue weighted by atomic mass is 9.92. The summed E-state index contributed by atoms with van der Waals surface area (Å²) in [4.78, 5) is 10.6. The first-order valence-electron chi connectivity index (χ1n) is 5.38. The highest BCUT2D eigenvalue weighted by molar-refractivity contribution is 5.67. The van der Waals surface area contributed by atoms with Crippen molar-refractivity contribution in [2.75, 3.05) is 0 Å². The summed E-state index contributed by atoms with van der Waals surface area (Å²) in [6, 6.07) is 8.35. The molecule has 0 bridgehead atoms. The highest BCUT2D eigenvalue weighted by Crippen LogP contribution is 2.24. The van der Waals surface area contributed by atoms with E-state index in [-0.39, 0.29) is 5.97 Å². The summed E-state index contributed by atoms with van der Waals surface area (Å²) in [7, 11) is 0. The number of hydrogen-bond acceptors (Lipinski definition) is 2. The Kier molecular flexibility index (Phi) is 3.20. The highest BCUT2D eigenvalue weighted by atomic mass is 16.5. The number of aryl methyl sites for hydroxylation is 1. The zero-order valence-corrected chi connectivity index (χ0v) is 9.27. The number of carbonyl (C=O) groups is 1. The van der Waals surface area contributed by atoms with Crippen LogP contribution in [0.4, 0.5) is 0 Å². The fourth-order valence-electron chi connectivity index (χ4n) is 1.80. The van der Waals surface area contributed by atoms with Crippen LogP contribution in [0.1, 0.15) is 24.5 Å². The molecule has 0 unspecified atom stereocenters. The fraction of sp³-hybridized carbons (Fsp3) is 0.214. The van der Waals surface area contributed by atoms with Crippen molar-refractivity contribution in [3.8, 4) is 0 Å². The van der Waals surface area contributed by atoms with E-state index in [0.717, 1.165) is 12.8 Å². The van der Waals surface area contributed by atoms with Gasteiger partial charge in [0, 0.05) is 6.92 Å². The third-order valence-corrected chi connectivity index (χ3v) is 2.60. The molecule has 0 radical (unpaired) electrons. The zero-order chi connectivity index (χ0) is 11.4. The van der Waals surface area contributed by atoms with Crippen LogP contribution in [0.15, 0.2) is 42.2 Å². The average Bonchev–Trinajstić information content (AvgIpc) is 2.28. The molecule has 16 heavy (non-hydrogen) atoms. The smallest absolute Gasteiger partial charge is 0.307 e. The fourth-order valence-corrected chi connectivity index (χ4v) is 1.80. The molecule has 0 N–H and O–H groups in total. The molecule has 1 aliphatic carbocycles. The van der Waals surface area contributed by atoms with E-state index in [9.17, 15) is 4.79 Å².